The number of carbonyl (C=O) groups excluding carboxylic acids is 1. The Morgan fingerprint density at radius 2 is 2.19 bits per heavy atom. The summed E-state index contributed by atoms with van der Waals surface area (Å²) in [6, 6.07) is 0. The number of hydrogen-bond acceptors (Lipinski definition) is 4. The molecule has 0 saturated carbocycles. The maximum Gasteiger partial charge on any atom is 0.246 e. The van der Waals surface area contributed by atoms with Crippen LogP contribution < -0.4 is 10.2 Å². The van der Waals surface area contributed by atoms with Gasteiger partial charge in [0.15, 0.2) is 5.96 Å². The molecule has 0 unspecified atom stereocenters. The van der Waals surface area contributed by atoms with E-state index >= 15 is 0 Å². The highest BCUT2D eigenvalue weighted by atomic mass is 127. The van der Waals surface area contributed by atoms with Crippen molar-refractivity contribution < 1.29 is 4.79 Å². The summed E-state index contributed by atoms with van der Waals surface area (Å²) in [4.78, 5) is 21.0. The molecule has 0 spiro atoms. The summed E-state index contributed by atoms with van der Waals surface area (Å²) in [5, 5.41) is 14.3. The van der Waals surface area contributed by atoms with Crippen LogP contribution in [0.2, 0.25) is 0 Å². The van der Waals surface area contributed by atoms with Crippen molar-refractivity contribution in [2.45, 2.75) is 20.4 Å². The third-order valence-electron chi connectivity index (χ3n) is 4.19. The summed E-state index contributed by atoms with van der Waals surface area (Å²) in [6.45, 7) is 6.90. The molecule has 0 radical (unpaired) electrons. The summed E-state index contributed by atoms with van der Waals surface area (Å²) in [7, 11) is 1.85. The van der Waals surface area contributed by atoms with E-state index in [2.05, 4.69) is 25.6 Å². The van der Waals surface area contributed by atoms with Crippen LogP contribution in [0.15, 0.2) is 23.6 Å². The second-order valence-corrected chi connectivity index (χ2v) is 6.03. The van der Waals surface area contributed by atoms with Gasteiger partial charge in [-0.15, -0.1) is 24.0 Å². The summed E-state index contributed by atoms with van der Waals surface area (Å²) < 4.78 is 1.70. The predicted octanol–water partition coefficient (Wildman–Crippen LogP) is 0.884. The van der Waals surface area contributed by atoms with Gasteiger partial charge in [-0.05, 0) is 13.8 Å². The molecule has 1 amide bonds. The number of aliphatic imine (C=N–C) groups is 1. The molecule has 3 heterocycles. The lowest BCUT2D eigenvalue weighted by atomic mass is 10.2. The Kier molecular flexibility index (Phi) is 7.00. The molecule has 3 rings (SSSR count). The number of halogens is 1. The highest BCUT2D eigenvalue weighted by molar-refractivity contribution is 14.0. The zero-order chi connectivity index (χ0) is 17.8. The van der Waals surface area contributed by atoms with Crippen molar-refractivity contribution in [3.05, 3.63) is 29.8 Å². The van der Waals surface area contributed by atoms with Crippen LogP contribution in [0, 0.1) is 6.92 Å². The number of nitrogens with one attached hydrogen (secondary N) is 2. The highest BCUT2D eigenvalue weighted by Crippen LogP contribution is 2.16. The second kappa shape index (κ2) is 9.01. The molecule has 1 aliphatic heterocycles. The number of nitrogens with zero attached hydrogens (tertiary/aromatic N) is 6. The van der Waals surface area contributed by atoms with Gasteiger partial charge in [0.1, 0.15) is 6.54 Å². The van der Waals surface area contributed by atoms with Crippen LogP contribution in [0.1, 0.15) is 18.2 Å². The van der Waals surface area contributed by atoms with Crippen LogP contribution in [-0.4, -0.2) is 62.9 Å². The van der Waals surface area contributed by atoms with Crippen LogP contribution in [0.4, 0.5) is 5.69 Å². The molecule has 0 aromatic carbocycles. The molecular formula is C16H25IN8O. The van der Waals surface area contributed by atoms with Gasteiger partial charge in [0.25, 0.3) is 0 Å². The van der Waals surface area contributed by atoms with Gasteiger partial charge in [-0.2, -0.15) is 10.2 Å². The van der Waals surface area contributed by atoms with Crippen LogP contribution in [0.5, 0.6) is 0 Å². The molecule has 2 aromatic rings. The number of H-pyrrole nitrogens is 1. The Morgan fingerprint density at radius 3 is 2.77 bits per heavy atom. The van der Waals surface area contributed by atoms with Gasteiger partial charge in [0, 0.05) is 44.1 Å². The summed E-state index contributed by atoms with van der Waals surface area (Å²) in [6.07, 6.45) is 5.36. The fourth-order valence-electron chi connectivity index (χ4n) is 2.80. The monoisotopic (exact) mass is 472 g/mol. The van der Waals surface area contributed by atoms with Gasteiger partial charge in [0.05, 0.1) is 24.6 Å². The molecule has 9 nitrogen and oxygen atoms in total. The molecule has 26 heavy (non-hydrogen) atoms. The average molecular weight is 472 g/mol. The largest absolute Gasteiger partial charge is 0.356 e. The number of hydrogen-bond donors (Lipinski definition) is 2. The van der Waals surface area contributed by atoms with Crippen molar-refractivity contribution in [1.82, 2.24) is 30.2 Å². The summed E-state index contributed by atoms with van der Waals surface area (Å²) in [5.41, 5.74) is 2.90. The maximum absolute atomic E-state index is 12.6. The SMILES string of the molecule is CCNC(=NCc1cn[nH]c1C)N1CCN(c2cnn(C)c2)C(=O)C1.I. The molecule has 142 valence electrons. The van der Waals surface area contributed by atoms with Crippen LogP contribution in [-0.2, 0) is 18.4 Å². The van der Waals surface area contributed by atoms with E-state index in [0.29, 0.717) is 19.6 Å². The van der Waals surface area contributed by atoms with E-state index in [1.54, 1.807) is 22.0 Å². The predicted molar refractivity (Wildman–Crippen MR) is 111 cm³/mol. The average Bonchev–Trinajstić information content (AvgIpc) is 3.20. The van der Waals surface area contributed by atoms with Crippen molar-refractivity contribution in [2.75, 3.05) is 31.1 Å². The summed E-state index contributed by atoms with van der Waals surface area (Å²) >= 11 is 0. The topological polar surface area (TPSA) is 94.4 Å². The number of piperazine rings is 1. The molecule has 2 N–H and O–H groups in total. The van der Waals surface area contributed by atoms with E-state index in [1.807, 2.05) is 32.0 Å². The molecule has 10 heteroatoms. The van der Waals surface area contributed by atoms with E-state index in [1.165, 1.54) is 0 Å². The Bertz CT molecular complexity index is 768. The number of rotatable bonds is 4. The fourth-order valence-corrected chi connectivity index (χ4v) is 2.80. The van der Waals surface area contributed by atoms with Crippen LogP contribution in [0.25, 0.3) is 0 Å². The lowest BCUT2D eigenvalue weighted by Gasteiger charge is -2.35. The lowest BCUT2D eigenvalue weighted by Crippen LogP contribution is -2.55. The van der Waals surface area contributed by atoms with E-state index in [9.17, 15) is 4.79 Å². The first kappa shape index (κ1) is 20.2. The van der Waals surface area contributed by atoms with Gasteiger partial charge in [-0.1, -0.05) is 0 Å². The number of anilines is 1. The third kappa shape index (κ3) is 4.54. The lowest BCUT2D eigenvalue weighted by molar-refractivity contribution is -0.120. The molecule has 1 fully saturated rings. The minimum Gasteiger partial charge on any atom is -0.356 e. The number of guanidine groups is 1. The van der Waals surface area contributed by atoms with Gasteiger partial charge in [0.2, 0.25) is 5.91 Å². The Morgan fingerprint density at radius 1 is 1.38 bits per heavy atom. The molecule has 2 aromatic heterocycles. The zero-order valence-corrected chi connectivity index (χ0v) is 17.6. The second-order valence-electron chi connectivity index (χ2n) is 6.03. The number of aryl methyl sites for hydroxylation is 2. The number of aromatic amines is 1. The van der Waals surface area contributed by atoms with Crippen molar-refractivity contribution in [3.63, 3.8) is 0 Å². The minimum atomic E-state index is 0. The quantitative estimate of drug-likeness (QED) is 0.392. The summed E-state index contributed by atoms with van der Waals surface area (Å²) in [5.74, 6) is 0.798. The fraction of sp³-hybridized carbons (Fsp3) is 0.500. The Balaban J connectivity index is 0.00000243. The van der Waals surface area contributed by atoms with Gasteiger partial charge in [-0.3, -0.25) is 14.6 Å². The Labute approximate surface area is 169 Å². The number of aromatic nitrogens is 4. The van der Waals surface area contributed by atoms with Gasteiger partial charge < -0.3 is 15.1 Å². The standard InChI is InChI=1S/C16H24N8O.HI/c1-4-17-16(18-7-13-8-19-21-12(13)2)23-5-6-24(15(25)11-23)14-9-20-22(3)10-14;/h8-10H,4-7,11H2,1-3H3,(H,17,18)(H,19,21);1H. The number of carbonyl (C=O) groups is 1. The van der Waals surface area contributed by atoms with Crippen molar-refractivity contribution >= 4 is 41.5 Å². The third-order valence-corrected chi connectivity index (χ3v) is 4.19. The highest BCUT2D eigenvalue weighted by Gasteiger charge is 2.27. The normalized spacial score (nSPS) is 15.2. The van der Waals surface area contributed by atoms with Gasteiger partial charge in [-0.25, -0.2) is 4.99 Å². The van der Waals surface area contributed by atoms with Gasteiger partial charge >= 0.3 is 0 Å². The van der Waals surface area contributed by atoms with E-state index in [0.717, 1.165) is 36.0 Å². The molecule has 1 aliphatic rings. The van der Waals surface area contributed by atoms with Crippen molar-refractivity contribution in [3.8, 4) is 0 Å². The Hall–Kier alpha value is -2.11. The van der Waals surface area contributed by atoms with E-state index in [4.69, 9.17) is 0 Å². The first-order valence-corrected chi connectivity index (χ1v) is 8.39. The maximum atomic E-state index is 12.6. The van der Waals surface area contributed by atoms with E-state index < -0.39 is 0 Å². The smallest absolute Gasteiger partial charge is 0.246 e. The molecule has 0 aliphatic carbocycles. The first-order valence-electron chi connectivity index (χ1n) is 8.39. The van der Waals surface area contributed by atoms with Crippen molar-refractivity contribution in [2.24, 2.45) is 12.0 Å². The molecule has 1 saturated heterocycles. The number of amides is 1. The van der Waals surface area contributed by atoms with Crippen LogP contribution >= 0.6 is 24.0 Å². The minimum absolute atomic E-state index is 0. The zero-order valence-electron chi connectivity index (χ0n) is 15.3. The first-order chi connectivity index (χ1) is 12.1. The van der Waals surface area contributed by atoms with E-state index in [-0.39, 0.29) is 29.9 Å². The molecule has 0 bridgehead atoms. The van der Waals surface area contributed by atoms with Crippen molar-refractivity contribution in [1.29, 1.82) is 0 Å². The van der Waals surface area contributed by atoms with Crippen LogP contribution in [0.3, 0.4) is 0 Å². The molecular weight excluding hydrogens is 447 g/mol. The molecule has 0 atom stereocenters.